The van der Waals surface area contributed by atoms with E-state index >= 15 is 0 Å². The van der Waals surface area contributed by atoms with Crippen molar-refractivity contribution >= 4 is 63.5 Å². The fraction of sp³-hybridized carbons (Fsp3) is 0.208. The average Bonchev–Trinajstić information content (AvgIpc) is 3.36. The number of amides is 2. The van der Waals surface area contributed by atoms with E-state index < -0.39 is 0 Å². The highest BCUT2D eigenvalue weighted by Crippen LogP contribution is 2.26. The van der Waals surface area contributed by atoms with Gasteiger partial charge in [0, 0.05) is 17.1 Å². The molecule has 0 atom stereocenters. The van der Waals surface area contributed by atoms with Crippen LogP contribution in [-0.2, 0) is 4.79 Å². The van der Waals surface area contributed by atoms with Crippen LogP contribution in [0.5, 0.6) is 0 Å². The second-order valence-electron chi connectivity index (χ2n) is 7.29. The van der Waals surface area contributed by atoms with Gasteiger partial charge in [0.25, 0.3) is 5.91 Å². The smallest absolute Gasteiger partial charge is 0.291 e. The summed E-state index contributed by atoms with van der Waals surface area (Å²) in [5.74, 6) is -0.208. The molecule has 178 valence electrons. The van der Waals surface area contributed by atoms with Gasteiger partial charge in [-0.05, 0) is 79.9 Å². The van der Waals surface area contributed by atoms with Gasteiger partial charge in [-0.25, -0.2) is 0 Å². The molecular formula is C24H26ClN5O3S. The summed E-state index contributed by atoms with van der Waals surface area (Å²) >= 11 is 11.7. The topological polar surface area (TPSA) is 98.6 Å². The summed E-state index contributed by atoms with van der Waals surface area (Å²) in [6.45, 7) is 5.93. The zero-order valence-electron chi connectivity index (χ0n) is 18.9. The molecule has 3 aromatic rings. The number of nitrogens with one attached hydrogen (secondary N) is 4. The first-order valence-corrected chi connectivity index (χ1v) is 11.5. The summed E-state index contributed by atoms with van der Waals surface area (Å²) in [4.78, 5) is 26.3. The lowest BCUT2D eigenvalue weighted by atomic mass is 10.2. The second-order valence-corrected chi connectivity index (χ2v) is 8.11. The highest BCUT2D eigenvalue weighted by Gasteiger charge is 2.11. The van der Waals surface area contributed by atoms with Gasteiger partial charge in [0.15, 0.2) is 10.9 Å². The predicted molar refractivity (Wildman–Crippen MR) is 141 cm³/mol. The monoisotopic (exact) mass is 499 g/mol. The van der Waals surface area contributed by atoms with Crippen LogP contribution in [0, 0.1) is 0 Å². The van der Waals surface area contributed by atoms with Crippen molar-refractivity contribution in [3.63, 3.8) is 0 Å². The van der Waals surface area contributed by atoms with Crippen LogP contribution in [0.2, 0.25) is 5.02 Å². The maximum atomic E-state index is 12.2. The summed E-state index contributed by atoms with van der Waals surface area (Å²) in [6.07, 6.45) is 1.44. The van der Waals surface area contributed by atoms with E-state index in [1.807, 2.05) is 18.7 Å². The van der Waals surface area contributed by atoms with E-state index in [1.54, 1.807) is 54.6 Å². The van der Waals surface area contributed by atoms with Crippen LogP contribution in [0.25, 0.3) is 0 Å². The number of carbonyl (C=O) groups is 2. The van der Waals surface area contributed by atoms with Crippen molar-refractivity contribution in [2.75, 3.05) is 40.9 Å². The molecule has 4 N–H and O–H groups in total. The normalized spacial score (nSPS) is 10.6. The molecule has 0 aliphatic carbocycles. The third-order valence-corrected chi connectivity index (χ3v) is 5.43. The van der Waals surface area contributed by atoms with Gasteiger partial charge in [0.2, 0.25) is 5.91 Å². The van der Waals surface area contributed by atoms with Gasteiger partial charge in [0.1, 0.15) is 0 Å². The number of nitrogens with zero attached hydrogens (tertiary/aromatic N) is 1. The number of halogens is 1. The lowest BCUT2D eigenvalue weighted by Crippen LogP contribution is -2.32. The Labute approximate surface area is 208 Å². The Morgan fingerprint density at radius 3 is 2.12 bits per heavy atom. The maximum absolute atomic E-state index is 12.2. The van der Waals surface area contributed by atoms with E-state index in [-0.39, 0.29) is 17.6 Å². The first-order chi connectivity index (χ1) is 16.4. The van der Waals surface area contributed by atoms with Gasteiger partial charge in [-0.1, -0.05) is 25.4 Å². The summed E-state index contributed by atoms with van der Waals surface area (Å²) in [5, 5.41) is 12.5. The van der Waals surface area contributed by atoms with Crippen molar-refractivity contribution in [1.82, 2.24) is 4.90 Å². The van der Waals surface area contributed by atoms with Crippen molar-refractivity contribution in [3.8, 4) is 0 Å². The van der Waals surface area contributed by atoms with Crippen molar-refractivity contribution < 1.29 is 14.0 Å². The van der Waals surface area contributed by atoms with Gasteiger partial charge in [-0.2, -0.15) is 0 Å². The molecule has 2 amide bonds. The van der Waals surface area contributed by atoms with E-state index in [2.05, 4.69) is 21.3 Å². The molecule has 0 spiro atoms. The number of thiocarbonyl (C=S) groups is 1. The Bertz CT molecular complexity index is 1130. The minimum atomic E-state index is -0.326. The van der Waals surface area contributed by atoms with E-state index in [9.17, 15) is 9.59 Å². The average molecular weight is 500 g/mol. The fourth-order valence-electron chi connectivity index (χ4n) is 3.07. The Morgan fingerprint density at radius 1 is 0.912 bits per heavy atom. The van der Waals surface area contributed by atoms with Gasteiger partial charge < -0.3 is 25.7 Å². The van der Waals surface area contributed by atoms with Crippen LogP contribution in [0.4, 0.5) is 22.7 Å². The Kier molecular flexibility index (Phi) is 9.03. The van der Waals surface area contributed by atoms with Gasteiger partial charge >= 0.3 is 0 Å². The Morgan fingerprint density at radius 2 is 1.53 bits per heavy atom. The molecule has 0 saturated heterocycles. The zero-order chi connectivity index (χ0) is 24.5. The van der Waals surface area contributed by atoms with Gasteiger partial charge in [-0.3, -0.25) is 14.5 Å². The molecule has 34 heavy (non-hydrogen) atoms. The first-order valence-electron chi connectivity index (χ1n) is 10.7. The van der Waals surface area contributed by atoms with E-state index in [0.717, 1.165) is 18.8 Å². The quantitative estimate of drug-likeness (QED) is 0.297. The summed E-state index contributed by atoms with van der Waals surface area (Å²) in [7, 11) is 0. The van der Waals surface area contributed by atoms with Crippen molar-refractivity contribution in [3.05, 3.63) is 71.6 Å². The van der Waals surface area contributed by atoms with Crippen LogP contribution in [0.15, 0.2) is 65.3 Å². The standard InChI is InChI=1S/C24H26ClN5O3S/c1-3-30(4-2)15-22(31)29-20-12-11-18(14-19(20)25)28-24(34)27-17-9-7-16(8-10-17)26-23(32)21-6-5-13-33-21/h5-14H,3-4,15H2,1-2H3,(H,26,32)(H,29,31)(H2,27,28,34). The Balaban J connectivity index is 1.52. The number of rotatable bonds is 9. The summed E-state index contributed by atoms with van der Waals surface area (Å²) in [5.41, 5.74) is 2.57. The first kappa shape index (κ1) is 25.2. The molecule has 3 rings (SSSR count). The number of hydrogen-bond donors (Lipinski definition) is 4. The molecule has 8 nitrogen and oxygen atoms in total. The highest BCUT2D eigenvalue weighted by molar-refractivity contribution is 7.80. The molecule has 0 bridgehead atoms. The minimum absolute atomic E-state index is 0.118. The molecular weight excluding hydrogens is 474 g/mol. The number of furan rings is 1. The second kappa shape index (κ2) is 12.2. The van der Waals surface area contributed by atoms with Gasteiger partial charge in [-0.15, -0.1) is 0 Å². The molecule has 0 radical (unpaired) electrons. The molecule has 0 fully saturated rings. The lowest BCUT2D eigenvalue weighted by Gasteiger charge is -2.18. The van der Waals surface area contributed by atoms with E-state index in [4.69, 9.17) is 28.2 Å². The number of anilines is 4. The van der Waals surface area contributed by atoms with Crippen molar-refractivity contribution in [2.24, 2.45) is 0 Å². The molecule has 10 heteroatoms. The molecule has 0 unspecified atom stereocenters. The summed E-state index contributed by atoms with van der Waals surface area (Å²) in [6, 6.07) is 15.5. The number of carbonyl (C=O) groups excluding carboxylic acids is 2. The van der Waals surface area contributed by atoms with Crippen molar-refractivity contribution in [2.45, 2.75) is 13.8 Å². The summed E-state index contributed by atoms with van der Waals surface area (Å²) < 4.78 is 5.08. The Hall–Kier alpha value is -3.40. The molecule has 1 aromatic heterocycles. The van der Waals surface area contributed by atoms with Crippen LogP contribution >= 0.6 is 23.8 Å². The number of hydrogen-bond acceptors (Lipinski definition) is 5. The predicted octanol–water partition coefficient (Wildman–Crippen LogP) is 5.27. The van der Waals surface area contributed by atoms with Gasteiger partial charge in [0.05, 0.1) is 23.5 Å². The molecule has 0 aliphatic heterocycles. The van der Waals surface area contributed by atoms with E-state index in [1.165, 1.54) is 6.26 Å². The largest absolute Gasteiger partial charge is 0.459 e. The third kappa shape index (κ3) is 7.31. The number of benzene rings is 2. The van der Waals surface area contributed by atoms with Crippen LogP contribution in [0.3, 0.4) is 0 Å². The molecule has 1 heterocycles. The zero-order valence-corrected chi connectivity index (χ0v) is 20.4. The van der Waals surface area contributed by atoms with Crippen LogP contribution in [0.1, 0.15) is 24.4 Å². The fourth-order valence-corrected chi connectivity index (χ4v) is 3.53. The highest BCUT2D eigenvalue weighted by atomic mass is 35.5. The molecule has 2 aromatic carbocycles. The van der Waals surface area contributed by atoms with E-state index in [0.29, 0.717) is 33.7 Å². The van der Waals surface area contributed by atoms with Crippen LogP contribution in [-0.4, -0.2) is 41.5 Å². The number of likely N-dealkylation sites (N-methyl/N-ethyl adjacent to an activating group) is 1. The van der Waals surface area contributed by atoms with Crippen molar-refractivity contribution in [1.29, 1.82) is 0 Å². The minimum Gasteiger partial charge on any atom is -0.459 e. The third-order valence-electron chi connectivity index (χ3n) is 4.91. The maximum Gasteiger partial charge on any atom is 0.291 e. The van der Waals surface area contributed by atoms with Crippen LogP contribution < -0.4 is 21.3 Å². The lowest BCUT2D eigenvalue weighted by molar-refractivity contribution is -0.117. The SMILES string of the molecule is CCN(CC)CC(=O)Nc1ccc(NC(=S)Nc2ccc(NC(=O)c3ccco3)cc2)cc1Cl. The molecule has 0 aliphatic rings. The molecule has 0 saturated carbocycles.